The molecule has 0 aliphatic heterocycles. The van der Waals surface area contributed by atoms with Gasteiger partial charge in [0.15, 0.2) is 0 Å². The number of carbonyl (C=O) groups is 2. The predicted octanol–water partition coefficient (Wildman–Crippen LogP) is 2.26. The standard InChI is InChI=1S/C17H20N2O4S2/c1-12-10-25-17(22)19(12)8-9-23-16(21)13-6-4-5-7-14(13)24-11-15(20)18(2)3/h4-7,10H,8-9,11H2,1-3H3. The van der Waals surface area contributed by atoms with E-state index in [1.807, 2.05) is 13.0 Å². The van der Waals surface area contributed by atoms with Crippen molar-refractivity contribution in [3.8, 4) is 0 Å². The van der Waals surface area contributed by atoms with Gasteiger partial charge in [-0.25, -0.2) is 4.79 Å². The maximum absolute atomic E-state index is 12.3. The van der Waals surface area contributed by atoms with E-state index >= 15 is 0 Å². The van der Waals surface area contributed by atoms with Crippen molar-refractivity contribution < 1.29 is 14.3 Å². The van der Waals surface area contributed by atoms with Gasteiger partial charge in [0.1, 0.15) is 6.61 Å². The summed E-state index contributed by atoms with van der Waals surface area (Å²) in [6.07, 6.45) is 0. The van der Waals surface area contributed by atoms with Crippen LogP contribution in [0, 0.1) is 6.92 Å². The van der Waals surface area contributed by atoms with Gasteiger partial charge in [-0.1, -0.05) is 23.5 Å². The number of esters is 1. The summed E-state index contributed by atoms with van der Waals surface area (Å²) in [5.41, 5.74) is 1.28. The smallest absolute Gasteiger partial charge is 0.339 e. The third-order valence-corrected chi connectivity index (χ3v) is 5.42. The molecule has 0 saturated heterocycles. The lowest BCUT2D eigenvalue weighted by molar-refractivity contribution is -0.125. The molecule has 1 aromatic heterocycles. The van der Waals surface area contributed by atoms with E-state index in [0.29, 0.717) is 17.0 Å². The number of benzene rings is 1. The monoisotopic (exact) mass is 380 g/mol. The average molecular weight is 380 g/mol. The first-order chi connectivity index (χ1) is 11.9. The van der Waals surface area contributed by atoms with Gasteiger partial charge in [-0.3, -0.25) is 14.2 Å². The molecule has 0 atom stereocenters. The van der Waals surface area contributed by atoms with E-state index in [4.69, 9.17) is 4.74 Å². The van der Waals surface area contributed by atoms with E-state index in [1.165, 1.54) is 16.7 Å². The first-order valence-corrected chi connectivity index (χ1v) is 9.50. The van der Waals surface area contributed by atoms with Gasteiger partial charge in [0.25, 0.3) is 0 Å². The van der Waals surface area contributed by atoms with Gasteiger partial charge >= 0.3 is 10.8 Å². The molecule has 8 heteroatoms. The number of thioether (sulfide) groups is 1. The molecule has 0 spiro atoms. The molecular formula is C17H20N2O4S2. The summed E-state index contributed by atoms with van der Waals surface area (Å²) in [6.45, 7) is 2.29. The fraction of sp³-hybridized carbons (Fsp3) is 0.353. The number of rotatable bonds is 7. The highest BCUT2D eigenvalue weighted by Gasteiger charge is 2.15. The van der Waals surface area contributed by atoms with E-state index in [9.17, 15) is 14.4 Å². The Morgan fingerprint density at radius 3 is 2.64 bits per heavy atom. The van der Waals surface area contributed by atoms with Crippen LogP contribution in [-0.4, -0.2) is 47.8 Å². The Morgan fingerprint density at radius 1 is 1.28 bits per heavy atom. The lowest BCUT2D eigenvalue weighted by atomic mass is 10.2. The third-order valence-electron chi connectivity index (χ3n) is 3.48. The Balaban J connectivity index is 1.97. The molecule has 0 aliphatic carbocycles. The van der Waals surface area contributed by atoms with Crippen molar-refractivity contribution in [2.45, 2.75) is 18.4 Å². The summed E-state index contributed by atoms with van der Waals surface area (Å²) in [7, 11) is 3.38. The SMILES string of the molecule is Cc1csc(=O)n1CCOC(=O)c1ccccc1SCC(=O)N(C)C. The minimum absolute atomic E-state index is 0.0273. The van der Waals surface area contributed by atoms with Gasteiger partial charge in [-0.2, -0.15) is 0 Å². The van der Waals surface area contributed by atoms with Crippen LogP contribution in [0.2, 0.25) is 0 Å². The third kappa shape index (κ3) is 5.20. The zero-order valence-electron chi connectivity index (χ0n) is 14.4. The molecular weight excluding hydrogens is 360 g/mol. The molecule has 1 aromatic carbocycles. The number of thiazole rings is 1. The number of aromatic nitrogens is 1. The molecule has 2 aromatic rings. The molecule has 0 unspecified atom stereocenters. The Bertz CT molecular complexity index is 811. The highest BCUT2D eigenvalue weighted by Crippen LogP contribution is 2.23. The largest absolute Gasteiger partial charge is 0.460 e. The Hall–Kier alpha value is -2.06. The van der Waals surface area contributed by atoms with Crippen molar-refractivity contribution in [2.24, 2.45) is 0 Å². The van der Waals surface area contributed by atoms with Crippen molar-refractivity contribution in [2.75, 3.05) is 26.5 Å². The summed E-state index contributed by atoms with van der Waals surface area (Å²) in [5.74, 6) is -0.234. The Labute approximate surface area is 154 Å². The molecule has 6 nitrogen and oxygen atoms in total. The number of hydrogen-bond donors (Lipinski definition) is 0. The zero-order valence-corrected chi connectivity index (χ0v) is 16.0. The normalized spacial score (nSPS) is 10.5. The number of amides is 1. The molecule has 0 fully saturated rings. The molecule has 1 amide bonds. The number of ether oxygens (including phenoxy) is 1. The maximum atomic E-state index is 12.3. The van der Waals surface area contributed by atoms with Crippen molar-refractivity contribution in [1.29, 1.82) is 0 Å². The second kappa shape index (κ2) is 8.87. The van der Waals surface area contributed by atoms with E-state index in [0.717, 1.165) is 17.0 Å². The lowest BCUT2D eigenvalue weighted by Gasteiger charge is -2.12. The first-order valence-electron chi connectivity index (χ1n) is 7.64. The van der Waals surface area contributed by atoms with Crippen LogP contribution >= 0.6 is 23.1 Å². The van der Waals surface area contributed by atoms with Crippen molar-refractivity contribution in [1.82, 2.24) is 9.47 Å². The second-order valence-corrected chi connectivity index (χ2v) is 7.34. The number of aryl methyl sites for hydroxylation is 1. The minimum Gasteiger partial charge on any atom is -0.460 e. The number of hydrogen-bond acceptors (Lipinski definition) is 6. The summed E-state index contributed by atoms with van der Waals surface area (Å²) >= 11 is 2.43. The number of nitrogens with zero attached hydrogens (tertiary/aromatic N) is 2. The minimum atomic E-state index is -0.457. The molecule has 0 aliphatic rings. The van der Waals surface area contributed by atoms with Crippen LogP contribution in [0.15, 0.2) is 39.3 Å². The van der Waals surface area contributed by atoms with Gasteiger partial charge in [-0.15, -0.1) is 11.8 Å². The topological polar surface area (TPSA) is 68.6 Å². The van der Waals surface area contributed by atoms with E-state index in [-0.39, 0.29) is 23.1 Å². The van der Waals surface area contributed by atoms with Gasteiger partial charge in [0.2, 0.25) is 5.91 Å². The zero-order chi connectivity index (χ0) is 18.4. The van der Waals surface area contributed by atoms with Crippen molar-refractivity contribution in [3.63, 3.8) is 0 Å². The summed E-state index contributed by atoms with van der Waals surface area (Å²) in [5, 5.41) is 1.78. The van der Waals surface area contributed by atoms with Gasteiger partial charge in [0.05, 0.1) is 17.9 Å². The molecule has 2 rings (SSSR count). The van der Waals surface area contributed by atoms with E-state index in [2.05, 4.69) is 0 Å². The maximum Gasteiger partial charge on any atom is 0.339 e. The van der Waals surface area contributed by atoms with Gasteiger partial charge in [0, 0.05) is 30.1 Å². The summed E-state index contributed by atoms with van der Waals surface area (Å²) in [4.78, 5) is 37.8. The predicted molar refractivity (Wildman–Crippen MR) is 99.5 cm³/mol. The summed E-state index contributed by atoms with van der Waals surface area (Å²) in [6, 6.07) is 7.03. The average Bonchev–Trinajstić information content (AvgIpc) is 2.91. The fourth-order valence-corrected chi connectivity index (χ4v) is 3.79. The van der Waals surface area contributed by atoms with Crippen molar-refractivity contribution in [3.05, 3.63) is 50.6 Å². The molecule has 0 saturated carbocycles. The van der Waals surface area contributed by atoms with E-state index < -0.39 is 5.97 Å². The van der Waals surface area contributed by atoms with Gasteiger partial charge < -0.3 is 9.64 Å². The first kappa shape index (κ1) is 19.3. The van der Waals surface area contributed by atoms with Crippen LogP contribution in [0.5, 0.6) is 0 Å². The molecule has 25 heavy (non-hydrogen) atoms. The van der Waals surface area contributed by atoms with Crippen LogP contribution in [-0.2, 0) is 16.1 Å². The van der Waals surface area contributed by atoms with Crippen LogP contribution in [0.3, 0.4) is 0 Å². The molecule has 1 heterocycles. The van der Waals surface area contributed by atoms with E-state index in [1.54, 1.807) is 42.2 Å². The second-order valence-electron chi connectivity index (χ2n) is 5.50. The Morgan fingerprint density at radius 2 is 2.00 bits per heavy atom. The van der Waals surface area contributed by atoms with Crippen LogP contribution in [0.4, 0.5) is 0 Å². The summed E-state index contributed by atoms with van der Waals surface area (Å²) < 4.78 is 6.88. The number of carbonyl (C=O) groups excluding carboxylic acids is 2. The highest BCUT2D eigenvalue weighted by atomic mass is 32.2. The molecule has 134 valence electrons. The highest BCUT2D eigenvalue weighted by molar-refractivity contribution is 8.00. The molecule has 0 bridgehead atoms. The van der Waals surface area contributed by atoms with Crippen molar-refractivity contribution >= 4 is 35.0 Å². The van der Waals surface area contributed by atoms with Crippen LogP contribution in [0.25, 0.3) is 0 Å². The van der Waals surface area contributed by atoms with Crippen LogP contribution < -0.4 is 4.87 Å². The lowest BCUT2D eigenvalue weighted by Crippen LogP contribution is -2.23. The van der Waals surface area contributed by atoms with Gasteiger partial charge in [-0.05, 0) is 19.1 Å². The Kier molecular flexibility index (Phi) is 6.83. The fourth-order valence-electron chi connectivity index (χ4n) is 2.01. The molecule has 0 radical (unpaired) electrons. The van der Waals surface area contributed by atoms with Crippen LogP contribution in [0.1, 0.15) is 16.1 Å². The molecule has 0 N–H and O–H groups in total. The quantitative estimate of drug-likeness (QED) is 0.544.